The van der Waals surface area contributed by atoms with Crippen LogP contribution in [0.25, 0.3) is 10.9 Å². The molecule has 2 aromatic rings. The average Bonchev–Trinajstić information content (AvgIpc) is 2.54. The first kappa shape index (κ1) is 17.2. The molecule has 0 aliphatic carbocycles. The fraction of sp³-hybridized carbons (Fsp3) is 0.500. The summed E-state index contributed by atoms with van der Waals surface area (Å²) in [5.41, 5.74) is 0.773. The summed E-state index contributed by atoms with van der Waals surface area (Å²) < 4.78 is 16.4. The second-order valence-corrected chi connectivity index (χ2v) is 7.88. The Morgan fingerprint density at radius 3 is 2.46 bits per heavy atom. The molecular formula is C20H27FN2O+. The average molecular weight is 330 g/mol. The molecule has 1 aromatic heterocycles. The second-order valence-electron chi connectivity index (χ2n) is 7.88. The Morgan fingerprint density at radius 2 is 1.79 bits per heavy atom. The van der Waals surface area contributed by atoms with Crippen molar-refractivity contribution >= 4 is 10.9 Å². The van der Waals surface area contributed by atoms with E-state index in [1.807, 2.05) is 0 Å². The molecule has 0 bridgehead atoms. The van der Waals surface area contributed by atoms with E-state index < -0.39 is 0 Å². The molecule has 1 aliphatic heterocycles. The Morgan fingerprint density at radius 1 is 1.12 bits per heavy atom. The van der Waals surface area contributed by atoms with Crippen LogP contribution in [0.15, 0.2) is 35.1 Å². The van der Waals surface area contributed by atoms with Crippen molar-refractivity contribution < 1.29 is 8.87 Å². The molecule has 1 aromatic carbocycles. The fourth-order valence-electron chi connectivity index (χ4n) is 3.95. The van der Waals surface area contributed by atoms with Crippen molar-refractivity contribution in [1.29, 1.82) is 0 Å². The van der Waals surface area contributed by atoms with Crippen LogP contribution in [0, 0.1) is 12.2 Å². The lowest BCUT2D eigenvalue weighted by atomic mass is 9.95. The predicted molar refractivity (Wildman–Crippen MR) is 96.3 cm³/mol. The summed E-state index contributed by atoms with van der Waals surface area (Å²) in [4.78, 5) is 12.4. The van der Waals surface area contributed by atoms with Crippen LogP contribution in [0.3, 0.4) is 0 Å². The number of hydrogen-bond acceptors (Lipinski definition) is 1. The molecule has 3 rings (SSSR count). The number of hydrogen-bond donors (Lipinski definition) is 0. The first-order chi connectivity index (χ1) is 11.3. The van der Waals surface area contributed by atoms with E-state index in [1.165, 1.54) is 12.1 Å². The summed E-state index contributed by atoms with van der Waals surface area (Å²) in [5.74, 6) is -0.297. The number of likely N-dealkylation sites (tertiary alicyclic amines) is 1. The molecule has 1 radical (unpaired) electrons. The molecule has 2 heterocycles. The van der Waals surface area contributed by atoms with Crippen LogP contribution in [0.5, 0.6) is 0 Å². The highest BCUT2D eigenvalue weighted by atomic mass is 19.1. The molecule has 0 atom stereocenters. The molecule has 0 amide bonds. The molecule has 1 fully saturated rings. The topological polar surface area (TPSA) is 22.0 Å². The zero-order valence-corrected chi connectivity index (χ0v) is 14.9. The van der Waals surface area contributed by atoms with E-state index in [0.29, 0.717) is 12.1 Å². The number of benzene rings is 1. The number of nitrogens with zero attached hydrogens (tertiary/aromatic N) is 2. The molecule has 0 unspecified atom stereocenters. The van der Waals surface area contributed by atoms with Gasteiger partial charge in [-0.1, -0.05) is 0 Å². The van der Waals surface area contributed by atoms with E-state index in [2.05, 4.69) is 27.2 Å². The molecule has 0 N–H and O–H groups in total. The van der Waals surface area contributed by atoms with Crippen LogP contribution in [0.1, 0.15) is 33.6 Å². The lowest BCUT2D eigenvalue weighted by Gasteiger charge is -2.51. The lowest BCUT2D eigenvalue weighted by molar-refractivity contribution is -0.973. The quantitative estimate of drug-likeness (QED) is 0.786. The third kappa shape index (κ3) is 3.12. The van der Waals surface area contributed by atoms with Gasteiger partial charge in [0.2, 0.25) is 0 Å². The van der Waals surface area contributed by atoms with E-state index in [4.69, 9.17) is 0 Å². The van der Waals surface area contributed by atoms with Crippen molar-refractivity contribution in [3.8, 4) is 0 Å². The number of halogens is 1. The number of rotatable bonds is 3. The van der Waals surface area contributed by atoms with E-state index in [9.17, 15) is 9.18 Å². The molecule has 1 aliphatic rings. The van der Waals surface area contributed by atoms with E-state index in [0.717, 1.165) is 42.3 Å². The Hall–Kier alpha value is -1.68. The van der Waals surface area contributed by atoms with Gasteiger partial charge < -0.3 is 9.05 Å². The van der Waals surface area contributed by atoms with Crippen LogP contribution in [-0.2, 0) is 6.54 Å². The van der Waals surface area contributed by atoms with Gasteiger partial charge in [0.1, 0.15) is 5.82 Å². The largest absolute Gasteiger partial charge is 0.318 e. The van der Waals surface area contributed by atoms with Crippen LogP contribution < -0.4 is 5.56 Å². The van der Waals surface area contributed by atoms with Gasteiger partial charge in [-0.15, -0.1) is 0 Å². The number of aromatic nitrogens is 1. The first-order valence-corrected chi connectivity index (χ1v) is 8.79. The maximum Gasteiger partial charge on any atom is 0.251 e. The van der Waals surface area contributed by atoms with Crippen molar-refractivity contribution in [2.24, 2.45) is 0 Å². The molecule has 0 saturated carbocycles. The molecule has 24 heavy (non-hydrogen) atoms. The lowest BCUT2D eigenvalue weighted by Crippen LogP contribution is -2.63. The minimum Gasteiger partial charge on any atom is -0.318 e. The zero-order chi connectivity index (χ0) is 17.4. The minimum atomic E-state index is -0.297. The van der Waals surface area contributed by atoms with E-state index in [1.54, 1.807) is 22.8 Å². The Balaban J connectivity index is 1.96. The Labute approximate surface area is 143 Å². The van der Waals surface area contributed by atoms with Gasteiger partial charge in [-0.3, -0.25) is 4.79 Å². The minimum absolute atomic E-state index is 0.0521. The van der Waals surface area contributed by atoms with Gasteiger partial charge in [-0.25, -0.2) is 4.39 Å². The van der Waals surface area contributed by atoms with Gasteiger partial charge in [-0.05, 0) is 69.7 Å². The van der Waals surface area contributed by atoms with Gasteiger partial charge in [0.05, 0.1) is 37.2 Å². The number of pyridine rings is 1. The number of quaternary nitrogens is 1. The number of piperidine rings is 1. The third-order valence-corrected chi connectivity index (χ3v) is 5.65. The maximum atomic E-state index is 13.7. The van der Waals surface area contributed by atoms with Crippen molar-refractivity contribution in [1.82, 2.24) is 4.57 Å². The van der Waals surface area contributed by atoms with Crippen molar-refractivity contribution in [2.75, 3.05) is 19.6 Å². The summed E-state index contributed by atoms with van der Waals surface area (Å²) in [5, 5.41) is 0.908. The summed E-state index contributed by atoms with van der Waals surface area (Å²) >= 11 is 0. The highest BCUT2D eigenvalue weighted by molar-refractivity contribution is 5.78. The molecule has 0 spiro atoms. The summed E-state index contributed by atoms with van der Waals surface area (Å²) in [7, 11) is 0. The van der Waals surface area contributed by atoms with Gasteiger partial charge in [-0.2, -0.15) is 0 Å². The normalized spacial score (nSPS) is 18.0. The van der Waals surface area contributed by atoms with Crippen molar-refractivity contribution in [3.63, 3.8) is 0 Å². The molecule has 129 valence electrons. The monoisotopic (exact) mass is 330 g/mol. The van der Waals surface area contributed by atoms with Crippen LogP contribution in [-0.4, -0.2) is 34.2 Å². The highest BCUT2D eigenvalue weighted by Gasteiger charge is 2.40. The summed E-state index contributed by atoms with van der Waals surface area (Å²) in [6.07, 6.45) is 4.61. The van der Waals surface area contributed by atoms with Gasteiger partial charge in [0.15, 0.2) is 0 Å². The third-order valence-electron chi connectivity index (χ3n) is 5.65. The SMILES string of the molecule is CC(C)(C)[N+]1(CCn2c(=O)ccc3ccc(F)cc32)CC[CH]CC1. The van der Waals surface area contributed by atoms with Crippen molar-refractivity contribution in [2.45, 2.75) is 45.7 Å². The fourth-order valence-corrected chi connectivity index (χ4v) is 3.95. The molecule has 1 saturated heterocycles. The second kappa shape index (κ2) is 6.32. The number of fused-ring (bicyclic) bond motifs is 1. The maximum absolute atomic E-state index is 13.7. The van der Waals surface area contributed by atoms with Crippen LogP contribution in [0.2, 0.25) is 0 Å². The Kier molecular flexibility index (Phi) is 4.52. The Bertz CT molecular complexity index is 782. The van der Waals surface area contributed by atoms with Gasteiger partial charge in [0, 0.05) is 6.07 Å². The molecular weight excluding hydrogens is 303 g/mol. The van der Waals surface area contributed by atoms with E-state index in [-0.39, 0.29) is 16.9 Å². The van der Waals surface area contributed by atoms with Gasteiger partial charge >= 0.3 is 0 Å². The van der Waals surface area contributed by atoms with Crippen LogP contribution >= 0.6 is 0 Å². The van der Waals surface area contributed by atoms with E-state index >= 15 is 0 Å². The first-order valence-electron chi connectivity index (χ1n) is 8.79. The molecule has 4 heteroatoms. The molecule has 3 nitrogen and oxygen atoms in total. The standard InChI is InChI=1S/C20H27FN2O/c1-20(2,3)23(12-5-4-6-13-23)14-11-22-18-15-17(21)9-7-16(18)8-10-19(22)24/h4,7-10,15H,5-6,11-14H2,1-3H3/q+1. The van der Waals surface area contributed by atoms with Gasteiger partial charge in [0.25, 0.3) is 5.56 Å². The smallest absolute Gasteiger partial charge is 0.251 e. The highest BCUT2D eigenvalue weighted by Crippen LogP contribution is 2.30. The van der Waals surface area contributed by atoms with Crippen molar-refractivity contribution in [3.05, 3.63) is 52.9 Å². The zero-order valence-electron chi connectivity index (χ0n) is 14.9. The van der Waals surface area contributed by atoms with Crippen LogP contribution in [0.4, 0.5) is 4.39 Å². The predicted octanol–water partition coefficient (Wildman–Crippen LogP) is 3.75. The summed E-state index contributed by atoms with van der Waals surface area (Å²) in [6.45, 7) is 10.6. The summed E-state index contributed by atoms with van der Waals surface area (Å²) in [6, 6.07) is 8.02.